The highest BCUT2D eigenvalue weighted by atomic mass is 32.2. The number of azo groups is 2. The summed E-state index contributed by atoms with van der Waals surface area (Å²) in [6, 6.07) is 13.2. The minimum absolute atomic E-state index is 0.0842. The first-order valence-corrected chi connectivity index (χ1v) is 21.7. The second-order valence-corrected chi connectivity index (χ2v) is 17.2. The van der Waals surface area contributed by atoms with Crippen LogP contribution in [-0.4, -0.2) is 69.7 Å². The number of nitrogens with zero attached hydrogens (tertiary/aromatic N) is 9. The first-order chi connectivity index (χ1) is 29.9. The number of hydrogen-bond acceptors (Lipinski definition) is 19. The Bertz CT molecular complexity index is 3270. The van der Waals surface area contributed by atoms with E-state index in [0.717, 1.165) is 12.1 Å². The third-order valence-corrected chi connectivity index (χ3v) is 10.8. The van der Waals surface area contributed by atoms with Gasteiger partial charge in [0.2, 0.25) is 23.6 Å². The van der Waals surface area contributed by atoms with Crippen molar-refractivity contribution in [1.29, 1.82) is 0 Å². The average Bonchev–Trinajstić information content (AvgIpc) is 3.18. The fourth-order valence-electron chi connectivity index (χ4n) is 5.37. The molecule has 0 atom stereocenters. The molecule has 0 unspecified atom stereocenters. The lowest BCUT2D eigenvalue weighted by Gasteiger charge is -2.13. The number of aryl methyl sites for hydroxylation is 2. The molecule has 6 aromatic rings. The van der Waals surface area contributed by atoms with Gasteiger partial charge >= 0.3 is 6.08 Å². The first kappa shape index (κ1) is 46.1. The number of carbonyl (C=O) groups excluding carboxylic acids is 1. The second kappa shape index (κ2) is 18.1. The van der Waals surface area contributed by atoms with E-state index in [9.17, 15) is 56.9 Å². The van der Waals surface area contributed by atoms with E-state index < -0.39 is 86.0 Å². The van der Waals surface area contributed by atoms with Crippen molar-refractivity contribution in [3.63, 3.8) is 0 Å². The molecule has 0 aliphatic carbocycles. The Kier molecular flexibility index (Phi) is 13.0. The van der Waals surface area contributed by atoms with Crippen molar-refractivity contribution in [2.45, 2.75) is 35.5 Å². The molecule has 0 aliphatic rings. The quantitative estimate of drug-likeness (QED) is 0.0316. The van der Waals surface area contributed by atoms with Crippen molar-refractivity contribution in [2.75, 3.05) is 21.3 Å². The van der Waals surface area contributed by atoms with Crippen molar-refractivity contribution < 1.29 is 56.9 Å². The fraction of sp³-hybridized carbons (Fsp3) is 0.0857. The third kappa shape index (κ3) is 11.3. The minimum atomic E-state index is -5.23. The molecule has 0 radical (unpaired) electrons. The molecule has 0 spiro atoms. The van der Waals surface area contributed by atoms with Crippen molar-refractivity contribution in [2.24, 2.45) is 20.5 Å². The molecule has 1 amide bonds. The van der Waals surface area contributed by atoms with Crippen LogP contribution in [0, 0.1) is 31.7 Å². The summed E-state index contributed by atoms with van der Waals surface area (Å²) in [5.74, 6) is -5.39. The summed E-state index contributed by atoms with van der Waals surface area (Å²) in [6.07, 6.45) is -0.645. The number of nitrogens with one attached hydrogen (secondary N) is 4. The molecular weight excluding hydrogens is 916 g/mol. The van der Waals surface area contributed by atoms with Crippen LogP contribution >= 0.6 is 0 Å². The Morgan fingerprint density at radius 2 is 1.19 bits per heavy atom. The standard InChI is InChI=1S/C35H28F3N13O10S3/c1-16-10-24(50-51-27-14-28(63(56,57)58)26(13-29(27)64(59,60)61)44-32-30(36)31(37)39-15-40-32)17(2)9-23(16)49-48-22-8-7-20(12-25(22)41-18(3)52)43-35-46-33(38)45-34(47-35)42-19-5-4-6-21(11-19)62(53,54)55/h4-15H,1-3H3,(H,41,52)(H,39,40,44)(H,53,54,55)(H,56,57,58)(H,59,60,61)(H2,42,43,45,46,47). The average molecular weight is 944 g/mol. The third-order valence-electron chi connectivity index (χ3n) is 8.22. The fourth-order valence-corrected chi connectivity index (χ4v) is 7.18. The predicted molar refractivity (Wildman–Crippen MR) is 219 cm³/mol. The first-order valence-electron chi connectivity index (χ1n) is 17.4. The van der Waals surface area contributed by atoms with E-state index in [1.54, 1.807) is 13.8 Å². The molecule has 7 N–H and O–H groups in total. The van der Waals surface area contributed by atoms with E-state index in [4.69, 9.17) is 0 Å². The Morgan fingerprint density at radius 1 is 0.609 bits per heavy atom. The molecular formula is C35H28F3N13O10S3. The van der Waals surface area contributed by atoms with Gasteiger partial charge in [0.15, 0.2) is 5.82 Å². The maximum atomic E-state index is 14.4. The van der Waals surface area contributed by atoms with Gasteiger partial charge in [-0.2, -0.15) is 63.6 Å². The smallest absolute Gasteiger partial charge is 0.315 e. The van der Waals surface area contributed by atoms with E-state index in [-0.39, 0.29) is 46.0 Å². The number of benzene rings is 4. The van der Waals surface area contributed by atoms with Crippen molar-refractivity contribution in [3.05, 3.63) is 102 Å². The largest absolute Gasteiger partial charge is 0.336 e. The molecule has 4 aromatic carbocycles. The highest BCUT2D eigenvalue weighted by Crippen LogP contribution is 2.38. The molecule has 0 bridgehead atoms. The highest BCUT2D eigenvalue weighted by molar-refractivity contribution is 7.86. The summed E-state index contributed by atoms with van der Waals surface area (Å²) in [7, 11) is -15.0. The topological polar surface area (TPSA) is 342 Å². The molecule has 64 heavy (non-hydrogen) atoms. The van der Waals surface area contributed by atoms with Gasteiger partial charge in [-0.3, -0.25) is 18.5 Å². The molecule has 6 rings (SSSR count). The van der Waals surface area contributed by atoms with Gasteiger partial charge in [-0.1, -0.05) is 6.07 Å². The zero-order valence-corrected chi connectivity index (χ0v) is 35.0. The van der Waals surface area contributed by atoms with Crippen LogP contribution in [0.4, 0.5) is 76.4 Å². The molecule has 2 heterocycles. The number of aromatic nitrogens is 5. The number of anilines is 7. The molecule has 0 aliphatic heterocycles. The van der Waals surface area contributed by atoms with E-state index in [0.29, 0.717) is 29.6 Å². The molecule has 29 heteroatoms. The van der Waals surface area contributed by atoms with Gasteiger partial charge < -0.3 is 21.3 Å². The number of amides is 1. The van der Waals surface area contributed by atoms with E-state index >= 15 is 0 Å². The van der Waals surface area contributed by atoms with Gasteiger partial charge in [0, 0.05) is 18.3 Å². The van der Waals surface area contributed by atoms with Crippen LogP contribution in [0.15, 0.2) is 108 Å². The van der Waals surface area contributed by atoms with Gasteiger partial charge in [-0.25, -0.2) is 9.97 Å². The van der Waals surface area contributed by atoms with Gasteiger partial charge in [0.1, 0.15) is 27.5 Å². The van der Waals surface area contributed by atoms with E-state index in [1.807, 2.05) is 0 Å². The molecule has 2 aromatic heterocycles. The molecule has 0 saturated heterocycles. The number of carbonyl (C=O) groups is 1. The van der Waals surface area contributed by atoms with Gasteiger partial charge in [0.05, 0.1) is 27.6 Å². The lowest BCUT2D eigenvalue weighted by molar-refractivity contribution is -0.114. The molecule has 332 valence electrons. The Hall–Kier alpha value is -7.44. The van der Waals surface area contributed by atoms with Crippen LogP contribution in [-0.2, 0) is 35.1 Å². The lowest BCUT2D eigenvalue weighted by atomic mass is 10.1. The Balaban J connectivity index is 1.26. The summed E-state index contributed by atoms with van der Waals surface area (Å²) in [6.45, 7) is 4.37. The number of rotatable bonds is 14. The summed E-state index contributed by atoms with van der Waals surface area (Å²) in [4.78, 5) is 27.2. The van der Waals surface area contributed by atoms with Crippen LogP contribution in [0.1, 0.15) is 18.1 Å². The monoisotopic (exact) mass is 943 g/mol. The molecule has 0 fully saturated rings. The summed E-state index contributed by atoms with van der Waals surface area (Å²) >= 11 is 0. The summed E-state index contributed by atoms with van der Waals surface area (Å²) < 4.78 is 144. The molecule has 0 saturated carbocycles. The van der Waals surface area contributed by atoms with Gasteiger partial charge in [-0.15, -0.1) is 10.2 Å². The normalized spacial score (nSPS) is 12.1. The zero-order chi connectivity index (χ0) is 46.7. The Labute approximate surface area is 359 Å². The maximum absolute atomic E-state index is 14.4. The summed E-state index contributed by atoms with van der Waals surface area (Å²) in [5, 5.41) is 26.3. The number of hydrogen-bond donors (Lipinski definition) is 7. The molecule has 23 nitrogen and oxygen atoms in total. The minimum Gasteiger partial charge on any atom is -0.336 e. The Morgan fingerprint density at radius 3 is 1.77 bits per heavy atom. The maximum Gasteiger partial charge on any atom is 0.315 e. The van der Waals surface area contributed by atoms with Crippen molar-refractivity contribution in [3.8, 4) is 0 Å². The van der Waals surface area contributed by atoms with Crippen molar-refractivity contribution in [1.82, 2.24) is 24.9 Å². The van der Waals surface area contributed by atoms with Gasteiger partial charge in [-0.05, 0) is 85.6 Å². The van der Waals surface area contributed by atoms with Gasteiger partial charge in [0.25, 0.3) is 36.3 Å². The lowest BCUT2D eigenvalue weighted by Crippen LogP contribution is -2.09. The zero-order valence-electron chi connectivity index (χ0n) is 32.5. The SMILES string of the molecule is CC(=O)Nc1cc(Nc2nc(F)nc(Nc3cccc(S(=O)(=O)O)c3)n2)ccc1N=Nc1cc(C)c(N=Nc2cc(S(=O)(=O)O)c(Nc3ncnc(F)c3F)cc2S(=O)(=O)O)cc1C. The van der Waals surface area contributed by atoms with Crippen molar-refractivity contribution >= 4 is 99.5 Å². The second-order valence-electron chi connectivity index (χ2n) is 13.0. The van der Waals surface area contributed by atoms with Crippen LogP contribution in [0.2, 0.25) is 0 Å². The van der Waals surface area contributed by atoms with E-state index in [2.05, 4.69) is 66.6 Å². The van der Waals surface area contributed by atoms with Crippen LogP contribution < -0.4 is 21.3 Å². The summed E-state index contributed by atoms with van der Waals surface area (Å²) in [5.41, 5.74) is 0.102. The van der Waals surface area contributed by atoms with Crippen LogP contribution in [0.25, 0.3) is 0 Å². The highest BCUT2D eigenvalue weighted by Gasteiger charge is 2.26. The predicted octanol–water partition coefficient (Wildman–Crippen LogP) is 7.46. The van der Waals surface area contributed by atoms with E-state index in [1.165, 1.54) is 49.4 Å². The number of halogens is 3. The van der Waals surface area contributed by atoms with Crippen LogP contribution in [0.5, 0.6) is 0 Å². The van der Waals surface area contributed by atoms with Crippen LogP contribution in [0.3, 0.4) is 0 Å².